The van der Waals surface area contributed by atoms with E-state index in [1.54, 1.807) is 10.9 Å². The third-order valence-electron chi connectivity index (χ3n) is 4.89. The number of carbonyl (C=O) groups is 2. The Labute approximate surface area is 158 Å². The van der Waals surface area contributed by atoms with E-state index in [4.69, 9.17) is 5.11 Å². The molecule has 0 unspecified atom stereocenters. The first-order valence-electron chi connectivity index (χ1n) is 9.15. The molecule has 3 N–H and O–H groups in total. The Kier molecular flexibility index (Phi) is 6.08. The van der Waals surface area contributed by atoms with Gasteiger partial charge in [0.2, 0.25) is 0 Å². The third-order valence-corrected chi connectivity index (χ3v) is 4.89. The lowest BCUT2D eigenvalue weighted by Gasteiger charge is -2.42. The molecule has 0 spiro atoms. The molecule has 8 nitrogen and oxygen atoms in total. The Morgan fingerprint density at radius 2 is 2.07 bits per heavy atom. The van der Waals surface area contributed by atoms with Gasteiger partial charge in [0.05, 0.1) is 12.2 Å². The predicted octanol–water partition coefficient (Wildman–Crippen LogP) is 1.61. The van der Waals surface area contributed by atoms with Crippen LogP contribution in [-0.2, 0) is 11.3 Å². The summed E-state index contributed by atoms with van der Waals surface area (Å²) in [5, 5.41) is 19.0. The van der Waals surface area contributed by atoms with Crippen molar-refractivity contribution in [2.75, 3.05) is 13.1 Å². The standard InChI is InChI=1S/C19H25N5O3/c1-2-23(13-18(25)26)16-10-15(11-16)22-19(27)20-12-14-6-3-4-7-17(14)24-9-5-8-21-24/h3-9,15-16H,2,10-13H2,1H3,(H,25,26)(H2,20,22,27). The highest BCUT2D eigenvalue weighted by Crippen LogP contribution is 2.25. The predicted molar refractivity (Wildman–Crippen MR) is 101 cm³/mol. The Bertz CT molecular complexity index is 771. The second-order valence-corrected chi connectivity index (χ2v) is 6.69. The molecule has 27 heavy (non-hydrogen) atoms. The van der Waals surface area contributed by atoms with Crippen molar-refractivity contribution in [3.63, 3.8) is 0 Å². The van der Waals surface area contributed by atoms with Gasteiger partial charge in [-0.15, -0.1) is 0 Å². The van der Waals surface area contributed by atoms with Crippen LogP contribution in [0.2, 0.25) is 0 Å². The minimum Gasteiger partial charge on any atom is -0.480 e. The number of carboxylic acid groups (broad SMARTS) is 1. The average molecular weight is 371 g/mol. The lowest BCUT2D eigenvalue weighted by molar-refractivity contribution is -0.139. The molecule has 2 aromatic rings. The maximum Gasteiger partial charge on any atom is 0.317 e. The summed E-state index contributed by atoms with van der Waals surface area (Å²) in [7, 11) is 0. The smallest absolute Gasteiger partial charge is 0.317 e. The fourth-order valence-corrected chi connectivity index (χ4v) is 3.38. The number of aromatic nitrogens is 2. The Hall–Kier alpha value is -2.87. The molecule has 1 aromatic carbocycles. The molecule has 1 aliphatic carbocycles. The van der Waals surface area contributed by atoms with Crippen molar-refractivity contribution in [2.45, 2.75) is 38.4 Å². The van der Waals surface area contributed by atoms with Crippen molar-refractivity contribution >= 4 is 12.0 Å². The number of nitrogens with one attached hydrogen (secondary N) is 2. The Morgan fingerprint density at radius 3 is 2.74 bits per heavy atom. The summed E-state index contributed by atoms with van der Waals surface area (Å²) in [5.41, 5.74) is 1.90. The minimum absolute atomic E-state index is 0.0459. The molecule has 1 aromatic heterocycles. The van der Waals surface area contributed by atoms with Gasteiger partial charge >= 0.3 is 12.0 Å². The van der Waals surface area contributed by atoms with Crippen molar-refractivity contribution in [3.8, 4) is 5.69 Å². The van der Waals surface area contributed by atoms with Gasteiger partial charge in [0.25, 0.3) is 0 Å². The molecule has 0 radical (unpaired) electrons. The molecule has 3 rings (SSSR count). The third kappa shape index (κ3) is 4.85. The Balaban J connectivity index is 1.46. The maximum absolute atomic E-state index is 12.2. The quantitative estimate of drug-likeness (QED) is 0.655. The van der Waals surface area contributed by atoms with E-state index in [9.17, 15) is 9.59 Å². The van der Waals surface area contributed by atoms with E-state index in [0.29, 0.717) is 13.1 Å². The van der Waals surface area contributed by atoms with E-state index >= 15 is 0 Å². The van der Waals surface area contributed by atoms with Gasteiger partial charge in [-0.2, -0.15) is 5.10 Å². The largest absolute Gasteiger partial charge is 0.480 e. The number of carboxylic acids is 1. The summed E-state index contributed by atoms with van der Waals surface area (Å²) >= 11 is 0. The molecular weight excluding hydrogens is 346 g/mol. The zero-order chi connectivity index (χ0) is 19.2. The van der Waals surface area contributed by atoms with Gasteiger partial charge in [-0.05, 0) is 37.1 Å². The summed E-state index contributed by atoms with van der Waals surface area (Å²) in [4.78, 5) is 25.0. The van der Waals surface area contributed by atoms with Crippen molar-refractivity contribution in [1.82, 2.24) is 25.3 Å². The highest BCUT2D eigenvalue weighted by atomic mass is 16.4. The van der Waals surface area contributed by atoms with Gasteiger partial charge in [0.15, 0.2) is 0 Å². The van der Waals surface area contributed by atoms with Crippen LogP contribution in [0, 0.1) is 0 Å². The first-order chi connectivity index (χ1) is 13.1. The van der Waals surface area contributed by atoms with Crippen LogP contribution in [0.15, 0.2) is 42.7 Å². The summed E-state index contributed by atoms with van der Waals surface area (Å²) in [5.74, 6) is -0.818. The molecule has 0 bridgehead atoms. The fraction of sp³-hybridized carbons (Fsp3) is 0.421. The highest BCUT2D eigenvalue weighted by molar-refractivity contribution is 5.74. The Morgan fingerprint density at radius 1 is 1.30 bits per heavy atom. The second-order valence-electron chi connectivity index (χ2n) is 6.69. The number of carbonyl (C=O) groups excluding carboxylic acids is 1. The van der Waals surface area contributed by atoms with Crippen molar-refractivity contribution < 1.29 is 14.7 Å². The van der Waals surface area contributed by atoms with E-state index in [2.05, 4.69) is 15.7 Å². The molecule has 2 amide bonds. The van der Waals surface area contributed by atoms with Gasteiger partial charge in [-0.1, -0.05) is 25.1 Å². The number of amides is 2. The topological polar surface area (TPSA) is 99.5 Å². The minimum atomic E-state index is -0.818. The van der Waals surface area contributed by atoms with E-state index in [0.717, 1.165) is 24.1 Å². The number of para-hydroxylation sites is 1. The first kappa shape index (κ1) is 18.9. The molecule has 1 aliphatic rings. The summed E-state index contributed by atoms with van der Waals surface area (Å²) in [6.07, 6.45) is 5.13. The van der Waals surface area contributed by atoms with Crippen LogP contribution in [0.3, 0.4) is 0 Å². The van der Waals surface area contributed by atoms with Crippen LogP contribution in [0.4, 0.5) is 4.79 Å². The van der Waals surface area contributed by atoms with Crippen molar-refractivity contribution in [2.24, 2.45) is 0 Å². The SMILES string of the molecule is CCN(CC(=O)O)C1CC(NC(=O)NCc2ccccc2-n2cccn2)C1. The summed E-state index contributed by atoms with van der Waals surface area (Å²) < 4.78 is 1.77. The van der Waals surface area contributed by atoms with Gasteiger partial charge < -0.3 is 15.7 Å². The zero-order valence-corrected chi connectivity index (χ0v) is 15.3. The number of benzene rings is 1. The lowest BCUT2D eigenvalue weighted by Crippen LogP contribution is -2.56. The molecule has 1 saturated carbocycles. The summed E-state index contributed by atoms with van der Waals surface area (Å²) in [6.45, 7) is 3.09. The average Bonchev–Trinajstić information content (AvgIpc) is 3.15. The van der Waals surface area contributed by atoms with Crippen LogP contribution in [0.25, 0.3) is 5.69 Å². The zero-order valence-electron chi connectivity index (χ0n) is 15.3. The van der Waals surface area contributed by atoms with E-state index in [1.165, 1.54) is 0 Å². The number of urea groups is 1. The number of hydrogen-bond donors (Lipinski definition) is 3. The van der Waals surface area contributed by atoms with Gasteiger partial charge in [0.1, 0.15) is 0 Å². The number of nitrogens with zero attached hydrogens (tertiary/aromatic N) is 3. The van der Waals surface area contributed by atoms with Crippen LogP contribution in [0.1, 0.15) is 25.3 Å². The van der Waals surface area contributed by atoms with Crippen LogP contribution in [0.5, 0.6) is 0 Å². The maximum atomic E-state index is 12.2. The molecule has 1 heterocycles. The van der Waals surface area contributed by atoms with E-state index in [-0.39, 0.29) is 24.7 Å². The number of aliphatic carboxylic acids is 1. The van der Waals surface area contributed by atoms with Crippen LogP contribution >= 0.6 is 0 Å². The van der Waals surface area contributed by atoms with Gasteiger partial charge in [-0.3, -0.25) is 9.69 Å². The molecule has 0 aliphatic heterocycles. The molecule has 8 heteroatoms. The van der Waals surface area contributed by atoms with E-state index in [1.807, 2.05) is 48.4 Å². The van der Waals surface area contributed by atoms with Crippen LogP contribution in [-0.4, -0.2) is 57.0 Å². The first-order valence-corrected chi connectivity index (χ1v) is 9.15. The van der Waals surface area contributed by atoms with Gasteiger partial charge in [0, 0.05) is 31.0 Å². The molecule has 0 saturated heterocycles. The molecule has 0 atom stereocenters. The fourth-order valence-electron chi connectivity index (χ4n) is 3.38. The molecular formula is C19H25N5O3. The lowest BCUT2D eigenvalue weighted by atomic mass is 9.85. The van der Waals surface area contributed by atoms with E-state index < -0.39 is 5.97 Å². The number of rotatable bonds is 8. The normalized spacial score (nSPS) is 18.7. The number of likely N-dealkylation sites (N-methyl/N-ethyl adjacent to an activating group) is 1. The summed E-state index contributed by atoms with van der Waals surface area (Å²) in [6, 6.07) is 9.73. The van der Waals surface area contributed by atoms with Crippen LogP contribution < -0.4 is 10.6 Å². The molecule has 144 valence electrons. The number of hydrogen-bond acceptors (Lipinski definition) is 4. The van der Waals surface area contributed by atoms with Crippen molar-refractivity contribution in [3.05, 3.63) is 48.3 Å². The second kappa shape index (κ2) is 8.68. The van der Waals surface area contributed by atoms with Gasteiger partial charge in [-0.25, -0.2) is 9.48 Å². The molecule has 1 fully saturated rings. The highest BCUT2D eigenvalue weighted by Gasteiger charge is 2.34. The monoisotopic (exact) mass is 371 g/mol. The van der Waals surface area contributed by atoms with Crippen molar-refractivity contribution in [1.29, 1.82) is 0 Å².